The van der Waals surface area contributed by atoms with Crippen molar-refractivity contribution >= 4 is 5.84 Å². The summed E-state index contributed by atoms with van der Waals surface area (Å²) in [5.74, 6) is -2.61. The molecular formula is C18H11F9N2O. The smallest absolute Gasteiger partial charge is 0.419 e. The molecule has 1 aromatic carbocycles. The van der Waals surface area contributed by atoms with Crippen LogP contribution in [0.4, 0.5) is 39.5 Å². The molecule has 1 aliphatic carbocycles. The first-order valence-electron chi connectivity index (χ1n) is 8.53. The number of ether oxygens (including phenoxy) is 1. The monoisotopic (exact) mass is 442 g/mol. The number of rotatable bonds is 2. The van der Waals surface area contributed by atoms with Crippen molar-refractivity contribution in [2.45, 2.75) is 37.3 Å². The van der Waals surface area contributed by atoms with E-state index >= 15 is 0 Å². The van der Waals surface area contributed by atoms with Gasteiger partial charge in [-0.15, -0.1) is 0 Å². The van der Waals surface area contributed by atoms with Gasteiger partial charge >= 0.3 is 19.0 Å². The van der Waals surface area contributed by atoms with Crippen LogP contribution in [0.15, 0.2) is 40.7 Å². The summed E-state index contributed by atoms with van der Waals surface area (Å²) in [6, 6.07) is 1.57. The Balaban J connectivity index is 1.79. The van der Waals surface area contributed by atoms with Gasteiger partial charge in [0.15, 0.2) is 11.6 Å². The third-order valence-corrected chi connectivity index (χ3v) is 5.21. The zero-order valence-electron chi connectivity index (χ0n) is 14.7. The van der Waals surface area contributed by atoms with Gasteiger partial charge in [-0.2, -0.15) is 35.1 Å². The van der Waals surface area contributed by atoms with Gasteiger partial charge in [-0.05, 0) is 36.1 Å². The average Bonchev–Trinajstić information content (AvgIpc) is 3.15. The van der Waals surface area contributed by atoms with Crippen molar-refractivity contribution in [2.75, 3.05) is 6.54 Å². The first kappa shape index (κ1) is 20.6. The predicted molar refractivity (Wildman–Crippen MR) is 84.9 cm³/mol. The lowest BCUT2D eigenvalue weighted by atomic mass is 9.92. The van der Waals surface area contributed by atoms with Crippen molar-refractivity contribution in [2.24, 2.45) is 4.99 Å². The molecule has 0 saturated carbocycles. The molecule has 162 valence electrons. The summed E-state index contributed by atoms with van der Waals surface area (Å²) in [5.41, 5.74) is -4.26. The maximum atomic E-state index is 14.5. The van der Waals surface area contributed by atoms with Gasteiger partial charge in [-0.3, -0.25) is 4.99 Å². The van der Waals surface area contributed by atoms with Crippen LogP contribution < -0.4 is 0 Å². The highest BCUT2D eigenvalue weighted by atomic mass is 19.4. The fourth-order valence-corrected chi connectivity index (χ4v) is 3.98. The van der Waals surface area contributed by atoms with Crippen LogP contribution in [0.25, 0.3) is 0 Å². The lowest BCUT2D eigenvalue weighted by Gasteiger charge is -2.26. The number of allylic oxidation sites excluding steroid dienone is 2. The maximum Gasteiger partial charge on any atom is 0.419 e. The minimum atomic E-state index is -4.92. The van der Waals surface area contributed by atoms with Crippen molar-refractivity contribution in [3.63, 3.8) is 0 Å². The number of nitrogens with zero attached hydrogens (tertiary/aromatic N) is 2. The maximum absolute atomic E-state index is 14.5. The first-order valence-corrected chi connectivity index (χ1v) is 8.53. The lowest BCUT2D eigenvalue weighted by Crippen LogP contribution is -2.34. The van der Waals surface area contributed by atoms with Gasteiger partial charge in [0, 0.05) is 6.20 Å². The predicted octanol–water partition coefficient (Wildman–Crippen LogP) is 5.28. The summed E-state index contributed by atoms with van der Waals surface area (Å²) in [7, 11) is 0. The highest BCUT2D eigenvalue weighted by Crippen LogP contribution is 2.48. The van der Waals surface area contributed by atoms with Crippen molar-refractivity contribution in [1.29, 1.82) is 0 Å². The number of halogens is 9. The molecule has 1 aromatic rings. The van der Waals surface area contributed by atoms with Gasteiger partial charge in [-0.1, -0.05) is 6.07 Å². The number of aliphatic imine (C=N–C) groups is 1. The Hall–Kier alpha value is -2.66. The number of benzene rings is 1. The number of alkyl halides is 8. The van der Waals surface area contributed by atoms with Gasteiger partial charge in [0.1, 0.15) is 11.4 Å². The summed E-state index contributed by atoms with van der Waals surface area (Å²) in [5, 5.41) is 0. The second kappa shape index (κ2) is 6.42. The molecule has 3 aliphatic rings. The van der Waals surface area contributed by atoms with E-state index in [1.54, 1.807) is 0 Å². The molecule has 0 unspecified atom stereocenters. The molecule has 0 aromatic heterocycles. The van der Waals surface area contributed by atoms with Crippen molar-refractivity contribution in [3.05, 3.63) is 58.2 Å². The second-order valence-corrected chi connectivity index (χ2v) is 7.02. The molecule has 1 spiro atoms. The molecule has 4 rings (SSSR count). The third-order valence-electron chi connectivity index (χ3n) is 5.21. The number of hydrogen-bond donors (Lipinski definition) is 0. The van der Waals surface area contributed by atoms with E-state index in [0.717, 1.165) is 11.0 Å². The van der Waals surface area contributed by atoms with E-state index in [4.69, 9.17) is 0 Å². The molecule has 2 aliphatic heterocycles. The van der Waals surface area contributed by atoms with Crippen LogP contribution in [0.2, 0.25) is 0 Å². The molecule has 2 heterocycles. The summed E-state index contributed by atoms with van der Waals surface area (Å²) < 4.78 is 122. The number of fused-ring (bicyclic) bond motifs is 3. The summed E-state index contributed by atoms with van der Waals surface area (Å²) in [4.78, 5) is 5.17. The molecule has 12 heteroatoms. The van der Waals surface area contributed by atoms with E-state index in [-0.39, 0.29) is 36.3 Å². The van der Waals surface area contributed by atoms with Crippen LogP contribution in [0.5, 0.6) is 0 Å². The minimum Gasteiger partial charge on any atom is -0.431 e. The Morgan fingerprint density at radius 2 is 1.77 bits per heavy atom. The van der Waals surface area contributed by atoms with E-state index in [9.17, 15) is 39.5 Å². The van der Waals surface area contributed by atoms with Gasteiger partial charge in [-0.25, -0.2) is 4.39 Å². The summed E-state index contributed by atoms with van der Waals surface area (Å²) in [6.07, 6.45) is -8.88. The molecule has 0 amide bonds. The van der Waals surface area contributed by atoms with E-state index in [1.165, 1.54) is 0 Å². The fraction of sp³-hybridized carbons (Fsp3) is 0.389. The van der Waals surface area contributed by atoms with Crippen molar-refractivity contribution in [1.82, 2.24) is 4.90 Å². The minimum absolute atomic E-state index is 0.00227. The lowest BCUT2D eigenvalue weighted by molar-refractivity contribution is -0.140. The number of amidine groups is 1. The normalized spacial score (nSPS) is 23.4. The second-order valence-electron chi connectivity index (χ2n) is 7.02. The largest absolute Gasteiger partial charge is 0.431 e. The number of hydrogen-bond acceptors (Lipinski definition) is 3. The Morgan fingerprint density at radius 1 is 1.07 bits per heavy atom. The van der Waals surface area contributed by atoms with Gasteiger partial charge < -0.3 is 9.64 Å². The van der Waals surface area contributed by atoms with Gasteiger partial charge in [0.2, 0.25) is 0 Å². The highest BCUT2D eigenvalue weighted by molar-refractivity contribution is 6.00. The highest BCUT2D eigenvalue weighted by Gasteiger charge is 2.50. The molecule has 1 atom stereocenters. The van der Waals surface area contributed by atoms with Crippen molar-refractivity contribution < 1.29 is 44.3 Å². The van der Waals surface area contributed by atoms with Gasteiger partial charge in [0.25, 0.3) is 0 Å². The first-order chi connectivity index (χ1) is 13.8. The van der Waals surface area contributed by atoms with Crippen LogP contribution in [0, 0.1) is 5.82 Å². The summed E-state index contributed by atoms with van der Waals surface area (Å²) >= 11 is 0. The van der Waals surface area contributed by atoms with Crippen LogP contribution in [-0.2, 0) is 22.9 Å². The Bertz CT molecular complexity index is 991. The Labute approximate surface area is 163 Å². The van der Waals surface area contributed by atoms with Crippen LogP contribution in [0.3, 0.4) is 0 Å². The quantitative estimate of drug-likeness (QED) is 0.583. The molecule has 30 heavy (non-hydrogen) atoms. The molecule has 0 radical (unpaired) electrons. The third kappa shape index (κ3) is 3.21. The van der Waals surface area contributed by atoms with Crippen LogP contribution in [0.1, 0.15) is 23.1 Å². The molecule has 3 nitrogen and oxygen atoms in total. The molecule has 0 bridgehead atoms. The van der Waals surface area contributed by atoms with Crippen LogP contribution >= 0.6 is 0 Å². The standard InChI is InChI=1S/C18H11F9N2O/c19-13-9-3-4-16(10(9)1-2-11(13)18(25,26)27)7-29-6-8(17(22,23)24)5-12(14(29)28-16)30-15(20)21/h1-2,5-6,15H,3-4,7H2/t16-/m1/s1. The van der Waals surface area contributed by atoms with Gasteiger partial charge in [0.05, 0.1) is 17.7 Å². The van der Waals surface area contributed by atoms with E-state index in [2.05, 4.69) is 9.73 Å². The zero-order chi connectivity index (χ0) is 22.1. The molecule has 0 fully saturated rings. The van der Waals surface area contributed by atoms with Crippen LogP contribution in [-0.4, -0.2) is 30.1 Å². The van der Waals surface area contributed by atoms with E-state index in [0.29, 0.717) is 18.3 Å². The molecule has 0 saturated heterocycles. The van der Waals surface area contributed by atoms with Crippen molar-refractivity contribution in [3.8, 4) is 0 Å². The Morgan fingerprint density at radius 3 is 2.37 bits per heavy atom. The fourth-order valence-electron chi connectivity index (χ4n) is 3.98. The average molecular weight is 442 g/mol. The topological polar surface area (TPSA) is 24.8 Å². The van der Waals surface area contributed by atoms with E-state index in [1.807, 2.05) is 0 Å². The zero-order valence-corrected chi connectivity index (χ0v) is 14.7. The summed E-state index contributed by atoms with van der Waals surface area (Å²) in [6.45, 7) is -3.71. The van der Waals surface area contributed by atoms with E-state index < -0.39 is 47.2 Å². The molecule has 0 N–H and O–H groups in total. The SMILES string of the molecule is Fc1c(C(F)(F)F)ccc2c1CC[C@@]21CN2C=C(C(F)(F)F)C=C(OC(F)F)C2=N1. The Kier molecular flexibility index (Phi) is 4.41. The molecular weight excluding hydrogens is 431 g/mol.